The molecule has 6 heteroatoms. The maximum atomic E-state index is 12.4. The van der Waals surface area contributed by atoms with Gasteiger partial charge in [-0.05, 0) is 42.8 Å². The number of methoxy groups -OCH3 is 1. The zero-order valence-electron chi connectivity index (χ0n) is 15.3. The maximum absolute atomic E-state index is 12.4. The molecule has 0 spiro atoms. The van der Waals surface area contributed by atoms with Crippen molar-refractivity contribution in [3.8, 4) is 5.75 Å². The molecular weight excluding hydrogens is 332 g/mol. The number of nitrogens with zero attached hydrogens (tertiary/aromatic N) is 1. The summed E-state index contributed by atoms with van der Waals surface area (Å²) >= 11 is 0. The molecule has 26 heavy (non-hydrogen) atoms. The van der Waals surface area contributed by atoms with Gasteiger partial charge in [0.1, 0.15) is 5.56 Å². The molecule has 0 radical (unpaired) electrons. The number of nitrogens with one attached hydrogen (secondary N) is 1. The van der Waals surface area contributed by atoms with Crippen LogP contribution in [0, 0.1) is 0 Å². The number of rotatable bonds is 7. The van der Waals surface area contributed by atoms with Crippen molar-refractivity contribution in [2.75, 3.05) is 30.9 Å². The van der Waals surface area contributed by atoms with E-state index in [0.29, 0.717) is 5.56 Å². The van der Waals surface area contributed by atoms with Crippen molar-refractivity contribution in [1.82, 2.24) is 0 Å². The van der Waals surface area contributed by atoms with E-state index in [4.69, 9.17) is 0 Å². The van der Waals surface area contributed by atoms with Gasteiger partial charge in [0.15, 0.2) is 5.75 Å². The van der Waals surface area contributed by atoms with E-state index in [1.807, 2.05) is 19.2 Å². The molecule has 6 nitrogen and oxygen atoms in total. The first-order valence-corrected chi connectivity index (χ1v) is 8.50. The molecule has 2 aromatic rings. The molecule has 0 fully saturated rings. The number of anilines is 2. The van der Waals surface area contributed by atoms with Gasteiger partial charge in [-0.3, -0.25) is 4.79 Å². The molecule has 2 rings (SSSR count). The van der Waals surface area contributed by atoms with Crippen LogP contribution in [0.4, 0.5) is 11.4 Å². The molecular formula is C20H24N2O4. The standard InChI is InChI=1S/C20H24N2O4/c1-4-5-13-22(2)15-11-9-14(10-12-15)19(24)21-17-8-6-7-16(18(17)23)20(25)26-3/h6-12,23H,4-5,13H2,1-3H3,(H,21,24). The Morgan fingerprint density at radius 3 is 2.46 bits per heavy atom. The number of amides is 1. The Kier molecular flexibility index (Phi) is 6.60. The van der Waals surface area contributed by atoms with Crippen molar-refractivity contribution in [3.05, 3.63) is 53.6 Å². The largest absolute Gasteiger partial charge is 0.505 e. The minimum atomic E-state index is -0.668. The summed E-state index contributed by atoms with van der Waals surface area (Å²) in [7, 11) is 3.24. The van der Waals surface area contributed by atoms with E-state index < -0.39 is 5.97 Å². The number of carbonyl (C=O) groups excluding carboxylic acids is 2. The van der Waals surface area contributed by atoms with Crippen LogP contribution >= 0.6 is 0 Å². The summed E-state index contributed by atoms with van der Waals surface area (Å²) < 4.78 is 4.61. The van der Waals surface area contributed by atoms with Crippen LogP contribution in [0.1, 0.15) is 40.5 Å². The molecule has 0 saturated heterocycles. The number of hydrogen-bond donors (Lipinski definition) is 2. The molecule has 0 aliphatic heterocycles. The highest BCUT2D eigenvalue weighted by molar-refractivity contribution is 6.06. The summed E-state index contributed by atoms with van der Waals surface area (Å²) in [4.78, 5) is 26.2. The Hall–Kier alpha value is -3.02. The average molecular weight is 356 g/mol. The quantitative estimate of drug-likeness (QED) is 0.585. The molecule has 2 aromatic carbocycles. The van der Waals surface area contributed by atoms with Crippen molar-refractivity contribution in [1.29, 1.82) is 0 Å². The maximum Gasteiger partial charge on any atom is 0.341 e. The molecule has 0 unspecified atom stereocenters. The smallest absolute Gasteiger partial charge is 0.341 e. The predicted octanol–water partition coefficient (Wildman–Crippen LogP) is 3.67. The number of esters is 1. The molecule has 0 aliphatic rings. The fourth-order valence-corrected chi connectivity index (χ4v) is 2.51. The molecule has 0 heterocycles. The number of aromatic hydroxyl groups is 1. The van der Waals surface area contributed by atoms with Crippen LogP contribution in [0.3, 0.4) is 0 Å². The molecule has 2 N–H and O–H groups in total. The third kappa shape index (κ3) is 4.53. The number of ether oxygens (including phenoxy) is 1. The normalized spacial score (nSPS) is 10.3. The van der Waals surface area contributed by atoms with Gasteiger partial charge >= 0.3 is 5.97 Å². The third-order valence-corrected chi connectivity index (χ3v) is 4.11. The lowest BCUT2D eigenvalue weighted by Gasteiger charge is -2.19. The van der Waals surface area contributed by atoms with Gasteiger partial charge in [-0.25, -0.2) is 4.79 Å². The van der Waals surface area contributed by atoms with Crippen molar-refractivity contribution in [2.45, 2.75) is 19.8 Å². The Labute approximate surface area is 153 Å². The number of carbonyl (C=O) groups is 2. The second kappa shape index (κ2) is 8.89. The van der Waals surface area contributed by atoms with Crippen LogP contribution in [0.25, 0.3) is 0 Å². The summed E-state index contributed by atoms with van der Waals surface area (Å²) in [5.41, 5.74) is 1.64. The van der Waals surface area contributed by atoms with Crippen LogP contribution in [0.2, 0.25) is 0 Å². The van der Waals surface area contributed by atoms with Crippen molar-refractivity contribution in [3.63, 3.8) is 0 Å². The summed E-state index contributed by atoms with van der Waals surface area (Å²) in [5.74, 6) is -1.35. The van der Waals surface area contributed by atoms with Crippen LogP contribution in [0.5, 0.6) is 5.75 Å². The van der Waals surface area contributed by atoms with Crippen molar-refractivity contribution >= 4 is 23.3 Å². The fourth-order valence-electron chi connectivity index (χ4n) is 2.51. The Balaban J connectivity index is 2.12. The minimum absolute atomic E-state index is 0.00167. The number of para-hydroxylation sites is 1. The molecule has 1 amide bonds. The first-order chi connectivity index (χ1) is 12.5. The highest BCUT2D eigenvalue weighted by atomic mass is 16.5. The van der Waals surface area contributed by atoms with Gasteiger partial charge < -0.3 is 20.1 Å². The minimum Gasteiger partial charge on any atom is -0.505 e. The van der Waals surface area contributed by atoms with Crippen LogP contribution in [-0.2, 0) is 4.74 Å². The van der Waals surface area contributed by atoms with Crippen LogP contribution in [0.15, 0.2) is 42.5 Å². The molecule has 0 saturated carbocycles. The second-order valence-corrected chi connectivity index (χ2v) is 5.97. The fraction of sp³-hybridized carbons (Fsp3) is 0.300. The van der Waals surface area contributed by atoms with Crippen LogP contribution in [-0.4, -0.2) is 37.7 Å². The first-order valence-electron chi connectivity index (χ1n) is 8.50. The van der Waals surface area contributed by atoms with Gasteiger partial charge in [-0.2, -0.15) is 0 Å². The highest BCUT2D eigenvalue weighted by Gasteiger charge is 2.16. The van der Waals surface area contributed by atoms with Gasteiger partial charge in [0.25, 0.3) is 5.91 Å². The van der Waals surface area contributed by atoms with Gasteiger partial charge in [-0.15, -0.1) is 0 Å². The number of benzene rings is 2. The average Bonchev–Trinajstić information content (AvgIpc) is 2.67. The number of phenols is 1. The Morgan fingerprint density at radius 1 is 1.15 bits per heavy atom. The lowest BCUT2D eigenvalue weighted by molar-refractivity contribution is 0.0597. The summed E-state index contributed by atoms with van der Waals surface area (Å²) in [5, 5.41) is 12.8. The molecule has 0 bridgehead atoms. The molecule has 138 valence electrons. The predicted molar refractivity (Wildman–Crippen MR) is 102 cm³/mol. The van der Waals surface area contributed by atoms with E-state index in [-0.39, 0.29) is 22.9 Å². The zero-order valence-corrected chi connectivity index (χ0v) is 15.3. The first kappa shape index (κ1) is 19.3. The highest BCUT2D eigenvalue weighted by Crippen LogP contribution is 2.28. The molecule has 0 aromatic heterocycles. The monoisotopic (exact) mass is 356 g/mol. The van der Waals surface area contributed by atoms with Gasteiger partial charge in [-0.1, -0.05) is 19.4 Å². The number of unbranched alkanes of at least 4 members (excludes halogenated alkanes) is 1. The van der Waals surface area contributed by atoms with Gasteiger partial charge in [0, 0.05) is 24.8 Å². The van der Waals surface area contributed by atoms with Crippen molar-refractivity contribution in [2.24, 2.45) is 0 Å². The lowest BCUT2D eigenvalue weighted by atomic mass is 10.1. The second-order valence-electron chi connectivity index (χ2n) is 5.97. The summed E-state index contributed by atoms with van der Waals surface area (Å²) in [6.07, 6.45) is 2.23. The van der Waals surface area contributed by atoms with E-state index in [9.17, 15) is 14.7 Å². The van der Waals surface area contributed by atoms with E-state index in [1.54, 1.807) is 18.2 Å². The van der Waals surface area contributed by atoms with E-state index in [0.717, 1.165) is 25.1 Å². The van der Waals surface area contributed by atoms with Crippen LogP contribution < -0.4 is 10.2 Å². The SMILES string of the molecule is CCCCN(C)c1ccc(C(=O)Nc2cccc(C(=O)OC)c2O)cc1. The summed E-state index contributed by atoms with van der Waals surface area (Å²) in [6.45, 7) is 3.10. The van der Waals surface area contributed by atoms with E-state index in [2.05, 4.69) is 21.9 Å². The Morgan fingerprint density at radius 2 is 1.85 bits per heavy atom. The zero-order chi connectivity index (χ0) is 19.1. The van der Waals surface area contributed by atoms with E-state index in [1.165, 1.54) is 19.2 Å². The lowest BCUT2D eigenvalue weighted by Crippen LogP contribution is -2.18. The topological polar surface area (TPSA) is 78.9 Å². The van der Waals surface area contributed by atoms with E-state index >= 15 is 0 Å². The number of hydrogen-bond acceptors (Lipinski definition) is 5. The number of phenolic OH excluding ortho intramolecular Hbond substituents is 1. The molecule has 0 aliphatic carbocycles. The van der Waals surface area contributed by atoms with Crippen molar-refractivity contribution < 1.29 is 19.4 Å². The molecule has 0 atom stereocenters. The van der Waals surface area contributed by atoms with Gasteiger partial charge in [0.05, 0.1) is 12.8 Å². The summed E-state index contributed by atoms with van der Waals surface area (Å²) in [6, 6.07) is 11.7. The third-order valence-electron chi connectivity index (χ3n) is 4.11. The van der Waals surface area contributed by atoms with Gasteiger partial charge in [0.2, 0.25) is 0 Å². The Bertz CT molecular complexity index is 772.